The van der Waals surface area contributed by atoms with Crippen molar-refractivity contribution in [2.45, 2.75) is 39.7 Å². The van der Waals surface area contributed by atoms with Gasteiger partial charge >= 0.3 is 0 Å². The van der Waals surface area contributed by atoms with Crippen molar-refractivity contribution in [3.8, 4) is 0 Å². The van der Waals surface area contributed by atoms with Gasteiger partial charge in [0.15, 0.2) is 5.96 Å². The average molecular weight is 376 g/mol. The number of carbonyl (C=O) groups excluding carboxylic acids is 2. The predicted octanol–water partition coefficient (Wildman–Crippen LogP) is 1.40. The molecule has 0 atom stereocenters. The standard InChI is InChI=1S/C20H33N5O2/c1-7-22-19(25(6)14-17(26)24-20(2,3)4)23-12-11-15-9-8-10-16(13-15)18(27)21-5/h8-10,13H,7,11-12,14H2,1-6H3,(H,21,27)(H,22,23)(H,24,26). The Labute approximate surface area is 162 Å². The van der Waals surface area contributed by atoms with Gasteiger partial charge in [-0.2, -0.15) is 0 Å². The first-order valence-corrected chi connectivity index (χ1v) is 9.27. The highest BCUT2D eigenvalue weighted by atomic mass is 16.2. The fourth-order valence-corrected chi connectivity index (χ4v) is 2.52. The molecule has 2 amide bonds. The Morgan fingerprint density at radius 1 is 1.22 bits per heavy atom. The van der Waals surface area contributed by atoms with E-state index in [4.69, 9.17) is 0 Å². The fraction of sp³-hybridized carbons (Fsp3) is 0.550. The second-order valence-electron chi connectivity index (χ2n) is 7.42. The van der Waals surface area contributed by atoms with Crippen molar-refractivity contribution in [2.24, 2.45) is 4.99 Å². The number of amides is 2. The van der Waals surface area contributed by atoms with Crippen LogP contribution < -0.4 is 16.0 Å². The van der Waals surface area contributed by atoms with Crippen molar-refractivity contribution in [1.82, 2.24) is 20.9 Å². The van der Waals surface area contributed by atoms with E-state index in [1.807, 2.05) is 57.8 Å². The smallest absolute Gasteiger partial charge is 0.251 e. The van der Waals surface area contributed by atoms with Gasteiger partial charge in [-0.15, -0.1) is 0 Å². The Bertz CT molecular complexity index is 665. The molecule has 1 aromatic rings. The summed E-state index contributed by atoms with van der Waals surface area (Å²) in [7, 11) is 3.46. The number of rotatable bonds is 7. The first-order valence-electron chi connectivity index (χ1n) is 9.27. The normalized spacial score (nSPS) is 11.7. The van der Waals surface area contributed by atoms with Crippen LogP contribution >= 0.6 is 0 Å². The Morgan fingerprint density at radius 2 is 1.93 bits per heavy atom. The van der Waals surface area contributed by atoms with Gasteiger partial charge in [-0.05, 0) is 51.8 Å². The number of benzene rings is 1. The van der Waals surface area contributed by atoms with Gasteiger partial charge in [-0.3, -0.25) is 14.6 Å². The molecule has 0 aromatic heterocycles. The molecule has 0 saturated heterocycles. The summed E-state index contributed by atoms with van der Waals surface area (Å²) < 4.78 is 0. The Hall–Kier alpha value is -2.57. The Morgan fingerprint density at radius 3 is 2.52 bits per heavy atom. The predicted molar refractivity (Wildman–Crippen MR) is 110 cm³/mol. The highest BCUT2D eigenvalue weighted by molar-refractivity contribution is 5.94. The topological polar surface area (TPSA) is 85.8 Å². The summed E-state index contributed by atoms with van der Waals surface area (Å²) in [5, 5.41) is 8.79. The number of hydrogen-bond donors (Lipinski definition) is 3. The zero-order chi connectivity index (χ0) is 20.4. The number of guanidine groups is 1. The van der Waals surface area contributed by atoms with E-state index in [0.717, 1.165) is 12.1 Å². The van der Waals surface area contributed by atoms with Crippen LogP contribution in [0.1, 0.15) is 43.6 Å². The number of aliphatic imine (C=N–C) groups is 1. The molecule has 0 bridgehead atoms. The van der Waals surface area contributed by atoms with Crippen LogP contribution in [0.3, 0.4) is 0 Å². The van der Waals surface area contributed by atoms with Crippen molar-refractivity contribution in [3.63, 3.8) is 0 Å². The maximum atomic E-state index is 12.1. The molecular formula is C20H33N5O2. The van der Waals surface area contributed by atoms with E-state index in [9.17, 15) is 9.59 Å². The van der Waals surface area contributed by atoms with E-state index >= 15 is 0 Å². The summed E-state index contributed by atoms with van der Waals surface area (Å²) in [5.74, 6) is 0.538. The van der Waals surface area contributed by atoms with Crippen molar-refractivity contribution in [2.75, 3.05) is 33.7 Å². The molecule has 27 heavy (non-hydrogen) atoms. The maximum absolute atomic E-state index is 12.1. The van der Waals surface area contributed by atoms with Crippen LogP contribution in [-0.4, -0.2) is 61.9 Å². The van der Waals surface area contributed by atoms with Crippen LogP contribution in [0.25, 0.3) is 0 Å². The highest BCUT2D eigenvalue weighted by Gasteiger charge is 2.16. The molecule has 7 heteroatoms. The largest absolute Gasteiger partial charge is 0.357 e. The van der Waals surface area contributed by atoms with Crippen molar-refractivity contribution >= 4 is 17.8 Å². The molecule has 0 spiro atoms. The summed E-state index contributed by atoms with van der Waals surface area (Å²) in [5.41, 5.74) is 1.43. The lowest BCUT2D eigenvalue weighted by Crippen LogP contribution is -2.48. The number of carbonyl (C=O) groups is 2. The van der Waals surface area contributed by atoms with E-state index in [-0.39, 0.29) is 23.9 Å². The number of hydrogen-bond acceptors (Lipinski definition) is 3. The highest BCUT2D eigenvalue weighted by Crippen LogP contribution is 2.06. The molecule has 7 nitrogen and oxygen atoms in total. The van der Waals surface area contributed by atoms with Crippen LogP contribution in [0.15, 0.2) is 29.3 Å². The molecule has 0 aliphatic carbocycles. The van der Waals surface area contributed by atoms with Gasteiger partial charge in [0.05, 0.1) is 6.54 Å². The molecule has 0 heterocycles. The van der Waals surface area contributed by atoms with Gasteiger partial charge in [-0.25, -0.2) is 0 Å². The minimum absolute atomic E-state index is 0.0473. The molecule has 150 valence electrons. The molecular weight excluding hydrogens is 342 g/mol. The average Bonchev–Trinajstić information content (AvgIpc) is 2.58. The maximum Gasteiger partial charge on any atom is 0.251 e. The second-order valence-corrected chi connectivity index (χ2v) is 7.42. The fourth-order valence-electron chi connectivity index (χ4n) is 2.52. The zero-order valence-electron chi connectivity index (χ0n) is 17.3. The molecule has 0 radical (unpaired) electrons. The van der Waals surface area contributed by atoms with Crippen molar-refractivity contribution in [1.29, 1.82) is 0 Å². The molecule has 0 aliphatic heterocycles. The van der Waals surface area contributed by atoms with E-state index in [1.165, 1.54) is 0 Å². The SMILES string of the molecule is CCNC(=NCCc1cccc(C(=O)NC)c1)N(C)CC(=O)NC(C)(C)C. The zero-order valence-corrected chi connectivity index (χ0v) is 17.3. The van der Waals surface area contributed by atoms with Crippen molar-refractivity contribution in [3.05, 3.63) is 35.4 Å². The Balaban J connectivity index is 2.70. The summed E-state index contributed by atoms with van der Waals surface area (Å²) in [6, 6.07) is 7.52. The van der Waals surface area contributed by atoms with E-state index in [1.54, 1.807) is 13.1 Å². The van der Waals surface area contributed by atoms with Crippen LogP contribution in [0.4, 0.5) is 0 Å². The molecule has 0 unspecified atom stereocenters. The van der Waals surface area contributed by atoms with Gasteiger partial charge in [0.1, 0.15) is 0 Å². The summed E-state index contributed by atoms with van der Waals surface area (Å²) in [6.07, 6.45) is 0.710. The summed E-state index contributed by atoms with van der Waals surface area (Å²) in [4.78, 5) is 30.3. The number of nitrogens with zero attached hydrogens (tertiary/aromatic N) is 2. The molecule has 0 fully saturated rings. The van der Waals surface area contributed by atoms with Gasteiger partial charge < -0.3 is 20.9 Å². The number of nitrogens with one attached hydrogen (secondary N) is 3. The van der Waals surface area contributed by atoms with Gasteiger partial charge in [0, 0.05) is 38.3 Å². The summed E-state index contributed by atoms with van der Waals surface area (Å²) in [6.45, 7) is 9.37. The minimum Gasteiger partial charge on any atom is -0.357 e. The third-order valence-corrected chi connectivity index (χ3v) is 3.67. The van der Waals surface area contributed by atoms with Crippen LogP contribution in [0.2, 0.25) is 0 Å². The molecule has 1 aromatic carbocycles. The third kappa shape index (κ3) is 8.57. The van der Waals surface area contributed by atoms with Crippen LogP contribution in [-0.2, 0) is 11.2 Å². The number of likely N-dealkylation sites (N-methyl/N-ethyl adjacent to an activating group) is 1. The van der Waals surface area contributed by atoms with Crippen LogP contribution in [0.5, 0.6) is 0 Å². The van der Waals surface area contributed by atoms with E-state index in [0.29, 0.717) is 24.5 Å². The molecule has 0 aliphatic rings. The monoisotopic (exact) mass is 375 g/mol. The lowest BCUT2D eigenvalue weighted by atomic mass is 10.1. The minimum atomic E-state index is -0.261. The second kappa shape index (κ2) is 10.5. The molecule has 3 N–H and O–H groups in total. The summed E-state index contributed by atoms with van der Waals surface area (Å²) >= 11 is 0. The van der Waals surface area contributed by atoms with Crippen molar-refractivity contribution < 1.29 is 9.59 Å². The lowest BCUT2D eigenvalue weighted by Gasteiger charge is -2.25. The lowest BCUT2D eigenvalue weighted by molar-refractivity contribution is -0.122. The van der Waals surface area contributed by atoms with Gasteiger partial charge in [0.2, 0.25) is 5.91 Å². The van der Waals surface area contributed by atoms with Crippen LogP contribution in [0, 0.1) is 0 Å². The molecule has 1 rings (SSSR count). The third-order valence-electron chi connectivity index (χ3n) is 3.67. The van der Waals surface area contributed by atoms with Gasteiger partial charge in [-0.1, -0.05) is 12.1 Å². The van der Waals surface area contributed by atoms with E-state index in [2.05, 4.69) is 20.9 Å². The quantitative estimate of drug-likeness (QED) is 0.497. The first-order chi connectivity index (χ1) is 12.7. The van der Waals surface area contributed by atoms with E-state index < -0.39 is 0 Å². The Kier molecular flexibility index (Phi) is 8.78. The molecule has 0 saturated carbocycles. The van der Waals surface area contributed by atoms with Gasteiger partial charge in [0.25, 0.3) is 5.91 Å². The first kappa shape index (κ1) is 22.5.